The van der Waals surface area contributed by atoms with Gasteiger partial charge in [0.25, 0.3) is 11.6 Å². The highest BCUT2D eigenvalue weighted by molar-refractivity contribution is 7.89. The number of aromatic nitrogens is 4. The van der Waals surface area contributed by atoms with Crippen molar-refractivity contribution in [1.29, 1.82) is 0 Å². The summed E-state index contributed by atoms with van der Waals surface area (Å²) in [7, 11) is -3.82. The lowest BCUT2D eigenvalue weighted by Gasteiger charge is -2.21. The van der Waals surface area contributed by atoms with Crippen LogP contribution in [0.25, 0.3) is 5.69 Å². The molecule has 1 amide bonds. The zero-order valence-corrected chi connectivity index (χ0v) is 19.6. The number of carbonyl (C=O) groups is 1. The van der Waals surface area contributed by atoms with Crippen LogP contribution in [0.4, 0.5) is 5.69 Å². The second-order valence-corrected chi connectivity index (χ2v) is 9.79. The molecule has 0 bridgehead atoms. The highest BCUT2D eigenvalue weighted by Gasteiger charge is 2.33. The molecule has 1 fully saturated rings. The van der Waals surface area contributed by atoms with Crippen molar-refractivity contribution in [2.75, 3.05) is 26.2 Å². The average Bonchev–Trinajstić information content (AvgIpc) is 3.23. The fourth-order valence-electron chi connectivity index (χ4n) is 3.97. The molecule has 3 aromatic rings. The molecule has 0 unspecified atom stereocenters. The third-order valence-electron chi connectivity index (χ3n) is 5.69. The smallest absolute Gasteiger partial charge is 0.276 e. The van der Waals surface area contributed by atoms with Gasteiger partial charge in [-0.15, -0.1) is 5.10 Å². The molecule has 14 heteroatoms. The van der Waals surface area contributed by atoms with Crippen molar-refractivity contribution in [2.24, 2.45) is 0 Å². The maximum Gasteiger partial charge on any atom is 0.276 e. The van der Waals surface area contributed by atoms with Crippen molar-refractivity contribution >= 4 is 21.6 Å². The van der Waals surface area contributed by atoms with Gasteiger partial charge in [-0.1, -0.05) is 16.4 Å². The van der Waals surface area contributed by atoms with Crippen LogP contribution < -0.4 is 0 Å². The van der Waals surface area contributed by atoms with E-state index in [-0.39, 0.29) is 47.6 Å². The van der Waals surface area contributed by atoms with Crippen molar-refractivity contribution in [3.05, 3.63) is 57.2 Å². The second kappa shape index (κ2) is 8.95. The molecule has 180 valence electrons. The largest absolute Gasteiger partial charge is 0.360 e. The summed E-state index contributed by atoms with van der Waals surface area (Å²) in [6.07, 6.45) is 0.437. The van der Waals surface area contributed by atoms with E-state index in [2.05, 4.69) is 15.5 Å². The van der Waals surface area contributed by atoms with E-state index in [1.807, 2.05) is 0 Å². The van der Waals surface area contributed by atoms with E-state index in [0.717, 1.165) is 0 Å². The predicted molar refractivity (Wildman–Crippen MR) is 118 cm³/mol. The number of nitro groups is 1. The second-order valence-electron chi connectivity index (χ2n) is 7.92. The first kappa shape index (κ1) is 23.5. The fourth-order valence-corrected chi connectivity index (χ4v) is 5.73. The minimum atomic E-state index is -3.82. The Kier molecular flexibility index (Phi) is 6.18. The SMILES string of the molecule is Cc1noc(C)c1S(=O)(=O)N1CCCN(C(=O)c2nnn(-c3cccc([N+](=O)[O-])c3)c2C)CC1. The number of carbonyl (C=O) groups excluding carboxylic acids is 1. The van der Waals surface area contributed by atoms with Gasteiger partial charge in [-0.25, -0.2) is 13.1 Å². The third-order valence-corrected chi connectivity index (χ3v) is 7.83. The number of nitro benzene ring substituents is 1. The number of hydrogen-bond acceptors (Lipinski definition) is 9. The summed E-state index contributed by atoms with van der Waals surface area (Å²) >= 11 is 0. The summed E-state index contributed by atoms with van der Waals surface area (Å²) in [6, 6.07) is 5.87. The molecule has 2 aromatic heterocycles. The number of amides is 1. The van der Waals surface area contributed by atoms with Crippen molar-refractivity contribution in [3.63, 3.8) is 0 Å². The first-order valence-electron chi connectivity index (χ1n) is 10.5. The molecule has 0 spiro atoms. The average molecular weight is 490 g/mol. The highest BCUT2D eigenvalue weighted by atomic mass is 32.2. The van der Waals surface area contributed by atoms with Crippen LogP contribution in [0.2, 0.25) is 0 Å². The quantitative estimate of drug-likeness (QED) is 0.383. The van der Waals surface area contributed by atoms with Crippen LogP contribution in [-0.4, -0.2) is 74.8 Å². The predicted octanol–water partition coefficient (Wildman–Crippen LogP) is 1.63. The molecule has 4 rings (SSSR count). The molecule has 0 N–H and O–H groups in total. The van der Waals surface area contributed by atoms with Gasteiger partial charge < -0.3 is 9.42 Å². The molecule has 0 radical (unpaired) electrons. The first-order chi connectivity index (χ1) is 16.1. The Bertz CT molecular complexity index is 1340. The highest BCUT2D eigenvalue weighted by Crippen LogP contribution is 2.25. The fraction of sp³-hybridized carbons (Fsp3) is 0.400. The Morgan fingerprint density at radius 1 is 1.15 bits per heavy atom. The van der Waals surface area contributed by atoms with E-state index in [4.69, 9.17) is 4.52 Å². The molecular weight excluding hydrogens is 466 g/mol. The van der Waals surface area contributed by atoms with Crippen LogP contribution in [-0.2, 0) is 10.0 Å². The molecule has 34 heavy (non-hydrogen) atoms. The van der Waals surface area contributed by atoms with Crippen LogP contribution in [0.15, 0.2) is 33.7 Å². The van der Waals surface area contributed by atoms with Gasteiger partial charge in [0.1, 0.15) is 10.6 Å². The van der Waals surface area contributed by atoms with E-state index in [1.54, 1.807) is 26.8 Å². The number of sulfonamides is 1. The molecule has 1 saturated heterocycles. The molecule has 1 aliphatic rings. The summed E-state index contributed by atoms with van der Waals surface area (Å²) in [5.41, 5.74) is 1.13. The van der Waals surface area contributed by atoms with E-state index in [9.17, 15) is 23.3 Å². The number of nitrogens with zero attached hydrogens (tertiary/aromatic N) is 7. The van der Waals surface area contributed by atoms with Crippen LogP contribution >= 0.6 is 0 Å². The molecular formula is C20H23N7O6S. The van der Waals surface area contributed by atoms with Gasteiger partial charge >= 0.3 is 0 Å². The van der Waals surface area contributed by atoms with Gasteiger partial charge in [0, 0.05) is 38.3 Å². The van der Waals surface area contributed by atoms with Crippen LogP contribution in [0.1, 0.15) is 34.1 Å². The Morgan fingerprint density at radius 3 is 2.59 bits per heavy atom. The van der Waals surface area contributed by atoms with Gasteiger partial charge in [0.05, 0.1) is 16.3 Å². The first-order valence-corrected chi connectivity index (χ1v) is 11.9. The minimum absolute atomic E-state index is 0.0584. The Morgan fingerprint density at radius 2 is 1.91 bits per heavy atom. The Balaban J connectivity index is 1.53. The van der Waals surface area contributed by atoms with Gasteiger partial charge in [-0.2, -0.15) is 4.31 Å². The van der Waals surface area contributed by atoms with E-state index >= 15 is 0 Å². The van der Waals surface area contributed by atoms with Crippen molar-refractivity contribution in [2.45, 2.75) is 32.1 Å². The minimum Gasteiger partial charge on any atom is -0.360 e. The summed E-state index contributed by atoms with van der Waals surface area (Å²) in [4.78, 5) is 25.4. The Hall–Kier alpha value is -3.65. The molecule has 3 heterocycles. The van der Waals surface area contributed by atoms with Gasteiger partial charge in [0.15, 0.2) is 11.5 Å². The van der Waals surface area contributed by atoms with E-state index in [1.165, 1.54) is 32.1 Å². The van der Waals surface area contributed by atoms with E-state index < -0.39 is 14.9 Å². The lowest BCUT2D eigenvalue weighted by atomic mass is 10.2. The summed E-state index contributed by atoms with van der Waals surface area (Å²) in [5, 5.41) is 22.8. The van der Waals surface area contributed by atoms with Crippen molar-refractivity contribution < 1.29 is 22.7 Å². The van der Waals surface area contributed by atoms with Crippen LogP contribution in [0, 0.1) is 30.9 Å². The lowest BCUT2D eigenvalue weighted by Crippen LogP contribution is -2.38. The molecule has 0 atom stereocenters. The Labute approximate surface area is 195 Å². The van der Waals surface area contributed by atoms with Gasteiger partial charge in [-0.3, -0.25) is 14.9 Å². The van der Waals surface area contributed by atoms with Crippen LogP contribution in [0.5, 0.6) is 0 Å². The van der Waals surface area contributed by atoms with Gasteiger partial charge in [-0.05, 0) is 33.3 Å². The number of hydrogen-bond donors (Lipinski definition) is 0. The molecule has 0 aliphatic carbocycles. The molecule has 0 saturated carbocycles. The maximum absolute atomic E-state index is 13.2. The summed E-state index contributed by atoms with van der Waals surface area (Å²) in [6.45, 7) is 5.64. The van der Waals surface area contributed by atoms with E-state index in [0.29, 0.717) is 30.0 Å². The number of rotatable bonds is 5. The normalized spacial score (nSPS) is 15.3. The molecule has 13 nitrogen and oxygen atoms in total. The zero-order chi connectivity index (χ0) is 24.6. The monoisotopic (exact) mass is 489 g/mol. The topological polar surface area (TPSA) is 158 Å². The van der Waals surface area contributed by atoms with Crippen molar-refractivity contribution in [1.82, 2.24) is 29.4 Å². The lowest BCUT2D eigenvalue weighted by molar-refractivity contribution is -0.384. The summed E-state index contributed by atoms with van der Waals surface area (Å²) < 4.78 is 34.0. The number of aryl methyl sites for hydroxylation is 2. The number of benzene rings is 1. The molecule has 1 aromatic carbocycles. The maximum atomic E-state index is 13.2. The summed E-state index contributed by atoms with van der Waals surface area (Å²) in [5.74, 6) is -0.158. The molecule has 1 aliphatic heterocycles. The third kappa shape index (κ3) is 4.17. The van der Waals surface area contributed by atoms with Gasteiger partial charge in [0.2, 0.25) is 10.0 Å². The zero-order valence-electron chi connectivity index (χ0n) is 18.8. The number of non-ortho nitro benzene ring substituents is 1. The van der Waals surface area contributed by atoms with Crippen molar-refractivity contribution in [3.8, 4) is 5.69 Å². The van der Waals surface area contributed by atoms with Crippen LogP contribution in [0.3, 0.4) is 0 Å². The standard InChI is InChI=1S/C20H23N7O6S/c1-13-19(15(3)33-22-13)34(31,32)25-9-5-8-24(10-11-25)20(28)18-14(2)26(23-21-18)16-6-4-7-17(12-16)27(29)30/h4,6-7,12H,5,8-11H2,1-3H3.